The Bertz CT molecular complexity index is 626. The van der Waals surface area contributed by atoms with Crippen molar-refractivity contribution in [2.45, 2.75) is 37.5 Å². The van der Waals surface area contributed by atoms with Crippen LogP contribution in [0.2, 0.25) is 0 Å². The third-order valence-electron chi connectivity index (χ3n) is 5.74. The van der Waals surface area contributed by atoms with Crippen LogP contribution in [-0.2, 0) is 0 Å². The van der Waals surface area contributed by atoms with E-state index in [1.165, 1.54) is 31.2 Å². The first-order valence-electron chi connectivity index (χ1n) is 8.68. The molecule has 1 fully saturated rings. The second-order valence-corrected chi connectivity index (χ2v) is 6.93. The fraction of sp³-hybridized carbons (Fsp3) is 0.364. The van der Waals surface area contributed by atoms with Crippen molar-refractivity contribution in [3.05, 3.63) is 83.9 Å². The molecular formula is C22H24. The van der Waals surface area contributed by atoms with Gasteiger partial charge < -0.3 is 0 Å². The van der Waals surface area contributed by atoms with Crippen LogP contribution in [0.3, 0.4) is 0 Å². The zero-order valence-electron chi connectivity index (χ0n) is 13.1. The molecule has 0 amide bonds. The van der Waals surface area contributed by atoms with E-state index in [0.717, 1.165) is 23.7 Å². The lowest BCUT2D eigenvalue weighted by Crippen LogP contribution is -2.29. The average Bonchev–Trinajstić information content (AvgIpc) is 2.62. The number of hydrogen-bond donors (Lipinski definition) is 0. The molecule has 2 aliphatic rings. The molecule has 0 saturated heterocycles. The van der Waals surface area contributed by atoms with Crippen molar-refractivity contribution >= 4 is 0 Å². The molecule has 22 heavy (non-hydrogen) atoms. The van der Waals surface area contributed by atoms with E-state index in [1.807, 2.05) is 0 Å². The van der Waals surface area contributed by atoms with E-state index in [2.05, 4.69) is 72.8 Å². The predicted octanol–water partition coefficient (Wildman–Crippen LogP) is 5.93. The van der Waals surface area contributed by atoms with Crippen LogP contribution in [0.5, 0.6) is 0 Å². The highest BCUT2D eigenvalue weighted by molar-refractivity contribution is 5.26. The first-order valence-corrected chi connectivity index (χ1v) is 8.68. The van der Waals surface area contributed by atoms with Crippen LogP contribution in [0.15, 0.2) is 72.8 Å². The monoisotopic (exact) mass is 288 g/mol. The molecule has 4 rings (SSSR count). The molecule has 0 nitrogen and oxygen atoms in total. The Morgan fingerprint density at radius 2 is 1.41 bits per heavy atom. The summed E-state index contributed by atoms with van der Waals surface area (Å²) in [5.41, 5.74) is 3.08. The lowest BCUT2D eigenvalue weighted by molar-refractivity contribution is 0.210. The predicted molar refractivity (Wildman–Crippen MR) is 93.0 cm³/mol. The highest BCUT2D eigenvalue weighted by Gasteiger charge is 2.36. The molecule has 2 aliphatic carbocycles. The summed E-state index contributed by atoms with van der Waals surface area (Å²) in [7, 11) is 0. The topological polar surface area (TPSA) is 0 Å². The average molecular weight is 288 g/mol. The van der Waals surface area contributed by atoms with Gasteiger partial charge in [0.2, 0.25) is 0 Å². The van der Waals surface area contributed by atoms with Gasteiger partial charge in [0.15, 0.2) is 0 Å². The molecule has 2 aromatic rings. The minimum Gasteiger partial charge on any atom is -0.0876 e. The van der Waals surface area contributed by atoms with Gasteiger partial charge in [-0.05, 0) is 60.5 Å². The van der Waals surface area contributed by atoms with Gasteiger partial charge in [0.25, 0.3) is 0 Å². The third kappa shape index (κ3) is 2.63. The van der Waals surface area contributed by atoms with Gasteiger partial charge in [0.05, 0.1) is 0 Å². The summed E-state index contributed by atoms with van der Waals surface area (Å²) in [6, 6.07) is 22.3. The van der Waals surface area contributed by atoms with Gasteiger partial charge in [-0.2, -0.15) is 0 Å². The maximum atomic E-state index is 2.51. The van der Waals surface area contributed by atoms with Gasteiger partial charge in [0, 0.05) is 0 Å². The van der Waals surface area contributed by atoms with Crippen molar-refractivity contribution in [2.24, 2.45) is 11.8 Å². The number of benzene rings is 2. The minimum absolute atomic E-state index is 0.730. The summed E-state index contributed by atoms with van der Waals surface area (Å²) in [6.45, 7) is 0. The fourth-order valence-electron chi connectivity index (χ4n) is 4.64. The molecule has 2 aromatic carbocycles. The van der Waals surface area contributed by atoms with Gasteiger partial charge in [-0.25, -0.2) is 0 Å². The standard InChI is InChI=1S/C22H24/c1-3-8-17(9-4-1)19-14-15-22-20(16-19)12-7-13-21(22)18-10-5-2-6-11-18/h1-12,19-22H,13-16H2. The van der Waals surface area contributed by atoms with Crippen molar-refractivity contribution in [1.29, 1.82) is 0 Å². The highest BCUT2D eigenvalue weighted by Crippen LogP contribution is 2.49. The fourth-order valence-corrected chi connectivity index (χ4v) is 4.64. The molecule has 4 atom stereocenters. The Balaban J connectivity index is 1.55. The quantitative estimate of drug-likeness (QED) is 0.601. The van der Waals surface area contributed by atoms with Crippen molar-refractivity contribution in [3.8, 4) is 0 Å². The first kappa shape index (κ1) is 13.8. The van der Waals surface area contributed by atoms with Gasteiger partial charge in [-0.1, -0.05) is 72.8 Å². The molecule has 0 aromatic heterocycles. The maximum Gasteiger partial charge on any atom is -0.00934 e. The Labute approximate surface area is 133 Å². The molecule has 0 spiro atoms. The molecule has 4 unspecified atom stereocenters. The van der Waals surface area contributed by atoms with E-state index in [1.54, 1.807) is 5.56 Å². The van der Waals surface area contributed by atoms with Crippen molar-refractivity contribution < 1.29 is 0 Å². The minimum atomic E-state index is 0.730. The molecular weight excluding hydrogens is 264 g/mol. The summed E-state index contributed by atoms with van der Waals surface area (Å²) in [4.78, 5) is 0. The van der Waals surface area contributed by atoms with E-state index in [4.69, 9.17) is 0 Å². The molecule has 1 saturated carbocycles. The van der Waals surface area contributed by atoms with Crippen LogP contribution >= 0.6 is 0 Å². The highest BCUT2D eigenvalue weighted by atomic mass is 14.4. The van der Waals surface area contributed by atoms with Crippen molar-refractivity contribution in [1.82, 2.24) is 0 Å². The summed E-state index contributed by atoms with van der Waals surface area (Å²) in [5, 5.41) is 0. The lowest BCUT2D eigenvalue weighted by atomic mass is 9.63. The van der Waals surface area contributed by atoms with Crippen LogP contribution in [0, 0.1) is 11.8 Å². The van der Waals surface area contributed by atoms with Crippen LogP contribution < -0.4 is 0 Å². The van der Waals surface area contributed by atoms with Crippen LogP contribution in [0.25, 0.3) is 0 Å². The Kier molecular flexibility index (Phi) is 3.84. The van der Waals surface area contributed by atoms with Gasteiger partial charge in [0.1, 0.15) is 0 Å². The van der Waals surface area contributed by atoms with Crippen LogP contribution in [-0.4, -0.2) is 0 Å². The Morgan fingerprint density at radius 3 is 2.14 bits per heavy atom. The van der Waals surface area contributed by atoms with Crippen LogP contribution in [0.4, 0.5) is 0 Å². The Hall–Kier alpha value is -1.82. The zero-order valence-corrected chi connectivity index (χ0v) is 13.1. The largest absolute Gasteiger partial charge is 0.0876 e. The molecule has 0 N–H and O–H groups in total. The second-order valence-electron chi connectivity index (χ2n) is 6.93. The second kappa shape index (κ2) is 6.12. The third-order valence-corrected chi connectivity index (χ3v) is 5.74. The summed E-state index contributed by atoms with van der Waals surface area (Å²) < 4.78 is 0. The maximum absolute atomic E-state index is 2.51. The summed E-state index contributed by atoms with van der Waals surface area (Å²) >= 11 is 0. The number of hydrogen-bond acceptors (Lipinski definition) is 0. The zero-order chi connectivity index (χ0) is 14.8. The SMILES string of the molecule is C1=CC2CC(c3ccccc3)CCC2C(c2ccccc2)C1. The van der Waals surface area contributed by atoms with E-state index in [9.17, 15) is 0 Å². The van der Waals surface area contributed by atoms with E-state index in [-0.39, 0.29) is 0 Å². The van der Waals surface area contributed by atoms with Gasteiger partial charge >= 0.3 is 0 Å². The number of fused-ring (bicyclic) bond motifs is 1. The molecule has 0 heterocycles. The van der Waals surface area contributed by atoms with E-state index >= 15 is 0 Å². The smallest absolute Gasteiger partial charge is 0.00934 e. The molecule has 112 valence electrons. The number of allylic oxidation sites excluding steroid dienone is 2. The van der Waals surface area contributed by atoms with E-state index in [0.29, 0.717) is 0 Å². The van der Waals surface area contributed by atoms with E-state index < -0.39 is 0 Å². The van der Waals surface area contributed by atoms with Crippen molar-refractivity contribution in [3.63, 3.8) is 0 Å². The molecule has 0 aliphatic heterocycles. The number of rotatable bonds is 2. The van der Waals surface area contributed by atoms with Gasteiger partial charge in [-0.3, -0.25) is 0 Å². The van der Waals surface area contributed by atoms with Crippen LogP contribution in [0.1, 0.15) is 48.6 Å². The first-order chi connectivity index (χ1) is 10.9. The Morgan fingerprint density at radius 1 is 0.727 bits per heavy atom. The molecule has 0 bridgehead atoms. The van der Waals surface area contributed by atoms with Crippen molar-refractivity contribution in [2.75, 3.05) is 0 Å². The summed E-state index contributed by atoms with van der Waals surface area (Å²) in [6.07, 6.45) is 10.2. The normalized spacial score (nSPS) is 30.7. The molecule has 0 radical (unpaired) electrons. The summed E-state index contributed by atoms with van der Waals surface area (Å²) in [5.74, 6) is 3.08. The van der Waals surface area contributed by atoms with Gasteiger partial charge in [-0.15, -0.1) is 0 Å². The lowest BCUT2D eigenvalue weighted by Gasteiger charge is -2.41. The molecule has 0 heteroatoms.